The van der Waals surface area contributed by atoms with Crippen molar-refractivity contribution in [3.63, 3.8) is 0 Å². The van der Waals surface area contributed by atoms with Crippen LogP contribution in [0.25, 0.3) is 0 Å². The Hall–Kier alpha value is -1.30. The standard InChI is InChI=1S/C14H16Cl2N4O/c1-10-5-18-20(7-10)9-12-8-19(2-3-21-12)14-13(16)4-11(15)6-17-14/h4-7,12H,2-3,8-9H2,1H3. The van der Waals surface area contributed by atoms with Crippen molar-refractivity contribution in [1.82, 2.24) is 14.8 Å². The van der Waals surface area contributed by atoms with E-state index < -0.39 is 0 Å². The molecule has 1 fully saturated rings. The van der Waals surface area contributed by atoms with Crippen molar-refractivity contribution in [2.75, 3.05) is 24.6 Å². The zero-order valence-corrected chi connectivity index (χ0v) is 13.2. The van der Waals surface area contributed by atoms with Crippen molar-refractivity contribution < 1.29 is 4.74 Å². The molecule has 0 saturated carbocycles. The van der Waals surface area contributed by atoms with E-state index in [1.807, 2.05) is 24.0 Å². The molecule has 1 aliphatic heterocycles. The molecule has 0 amide bonds. The molecule has 1 aliphatic rings. The molecule has 1 unspecified atom stereocenters. The first-order valence-corrected chi connectivity index (χ1v) is 7.54. The van der Waals surface area contributed by atoms with Crippen LogP contribution in [0.3, 0.4) is 0 Å². The van der Waals surface area contributed by atoms with E-state index in [2.05, 4.69) is 15.0 Å². The Kier molecular flexibility index (Phi) is 4.33. The lowest BCUT2D eigenvalue weighted by Crippen LogP contribution is -2.44. The van der Waals surface area contributed by atoms with Gasteiger partial charge in [0.1, 0.15) is 5.82 Å². The highest BCUT2D eigenvalue weighted by molar-refractivity contribution is 6.36. The fraction of sp³-hybridized carbons (Fsp3) is 0.429. The summed E-state index contributed by atoms with van der Waals surface area (Å²) in [5.74, 6) is 0.756. The molecule has 7 heteroatoms. The molecule has 2 aromatic heterocycles. The molecule has 0 aliphatic carbocycles. The van der Waals surface area contributed by atoms with Gasteiger partial charge in [-0.15, -0.1) is 0 Å². The van der Waals surface area contributed by atoms with E-state index in [1.54, 1.807) is 12.3 Å². The van der Waals surface area contributed by atoms with Gasteiger partial charge in [0.25, 0.3) is 0 Å². The maximum absolute atomic E-state index is 6.23. The van der Waals surface area contributed by atoms with Crippen LogP contribution in [-0.4, -0.2) is 40.6 Å². The maximum atomic E-state index is 6.23. The first-order valence-electron chi connectivity index (χ1n) is 6.78. The first-order chi connectivity index (χ1) is 10.1. The van der Waals surface area contributed by atoms with E-state index in [0.717, 1.165) is 31.0 Å². The van der Waals surface area contributed by atoms with Crippen LogP contribution in [0.1, 0.15) is 5.56 Å². The van der Waals surface area contributed by atoms with Gasteiger partial charge in [0.15, 0.2) is 0 Å². The molecule has 0 bridgehead atoms. The number of hydrogen-bond acceptors (Lipinski definition) is 4. The van der Waals surface area contributed by atoms with Gasteiger partial charge >= 0.3 is 0 Å². The minimum absolute atomic E-state index is 0.0617. The highest BCUT2D eigenvalue weighted by atomic mass is 35.5. The molecule has 0 aromatic carbocycles. The summed E-state index contributed by atoms with van der Waals surface area (Å²) in [6, 6.07) is 1.72. The van der Waals surface area contributed by atoms with Crippen LogP contribution in [0, 0.1) is 6.92 Å². The van der Waals surface area contributed by atoms with E-state index in [0.29, 0.717) is 16.7 Å². The Morgan fingerprint density at radius 1 is 1.38 bits per heavy atom. The molecule has 3 rings (SSSR count). The predicted octanol–water partition coefficient (Wildman–Crippen LogP) is 2.80. The summed E-state index contributed by atoms with van der Waals surface area (Å²) < 4.78 is 7.71. The monoisotopic (exact) mass is 326 g/mol. The van der Waals surface area contributed by atoms with Crippen LogP contribution in [0.4, 0.5) is 5.82 Å². The molecule has 0 N–H and O–H groups in total. The second kappa shape index (κ2) is 6.22. The molecule has 2 aromatic rings. The molecule has 3 heterocycles. The van der Waals surface area contributed by atoms with Crippen LogP contribution in [0.15, 0.2) is 24.7 Å². The van der Waals surface area contributed by atoms with Crippen LogP contribution in [0.2, 0.25) is 10.0 Å². The number of rotatable bonds is 3. The number of anilines is 1. The van der Waals surface area contributed by atoms with E-state index in [9.17, 15) is 0 Å². The van der Waals surface area contributed by atoms with Crippen molar-refractivity contribution in [2.45, 2.75) is 19.6 Å². The van der Waals surface area contributed by atoms with Gasteiger partial charge in [0.05, 0.1) is 35.5 Å². The molecular formula is C14H16Cl2N4O. The van der Waals surface area contributed by atoms with Gasteiger partial charge in [-0.25, -0.2) is 4.98 Å². The van der Waals surface area contributed by atoms with Crippen molar-refractivity contribution in [2.24, 2.45) is 0 Å². The minimum Gasteiger partial charge on any atom is -0.373 e. The zero-order chi connectivity index (χ0) is 14.8. The lowest BCUT2D eigenvalue weighted by Gasteiger charge is -2.34. The Bertz CT molecular complexity index is 631. The third-order valence-corrected chi connectivity index (χ3v) is 3.86. The quantitative estimate of drug-likeness (QED) is 0.869. The van der Waals surface area contributed by atoms with Gasteiger partial charge in [-0.05, 0) is 18.6 Å². The summed E-state index contributed by atoms with van der Waals surface area (Å²) in [5.41, 5.74) is 1.14. The second-order valence-electron chi connectivity index (χ2n) is 5.14. The van der Waals surface area contributed by atoms with Crippen molar-refractivity contribution in [1.29, 1.82) is 0 Å². The van der Waals surface area contributed by atoms with Crippen molar-refractivity contribution >= 4 is 29.0 Å². The number of hydrogen-bond donors (Lipinski definition) is 0. The average Bonchev–Trinajstić information content (AvgIpc) is 2.84. The Labute approximate surface area is 133 Å². The molecule has 21 heavy (non-hydrogen) atoms. The Morgan fingerprint density at radius 2 is 2.24 bits per heavy atom. The zero-order valence-electron chi connectivity index (χ0n) is 11.7. The number of aromatic nitrogens is 3. The number of ether oxygens (including phenoxy) is 1. The molecule has 0 radical (unpaired) electrons. The third kappa shape index (κ3) is 3.48. The summed E-state index contributed by atoms with van der Waals surface area (Å²) in [7, 11) is 0. The van der Waals surface area contributed by atoms with Crippen molar-refractivity contribution in [3.05, 3.63) is 40.3 Å². The van der Waals surface area contributed by atoms with Gasteiger partial charge < -0.3 is 9.64 Å². The number of nitrogens with zero attached hydrogens (tertiary/aromatic N) is 4. The fourth-order valence-corrected chi connectivity index (χ4v) is 2.94. The highest BCUT2D eigenvalue weighted by Crippen LogP contribution is 2.27. The first kappa shape index (κ1) is 14.6. The topological polar surface area (TPSA) is 43.2 Å². The van der Waals surface area contributed by atoms with E-state index >= 15 is 0 Å². The summed E-state index contributed by atoms with van der Waals surface area (Å²) in [6.45, 7) is 4.88. The van der Waals surface area contributed by atoms with Gasteiger partial charge in [0.2, 0.25) is 0 Å². The van der Waals surface area contributed by atoms with Gasteiger partial charge in [0, 0.05) is 25.5 Å². The van der Waals surface area contributed by atoms with Crippen molar-refractivity contribution in [3.8, 4) is 0 Å². The smallest absolute Gasteiger partial charge is 0.147 e. The summed E-state index contributed by atoms with van der Waals surface area (Å²) >= 11 is 12.1. The molecule has 1 atom stereocenters. The highest BCUT2D eigenvalue weighted by Gasteiger charge is 2.23. The van der Waals surface area contributed by atoms with Gasteiger partial charge in [-0.3, -0.25) is 4.68 Å². The number of halogens is 2. The van der Waals surface area contributed by atoms with E-state index in [1.165, 1.54) is 0 Å². The van der Waals surface area contributed by atoms with Crippen LogP contribution < -0.4 is 4.90 Å². The molecule has 112 valence electrons. The van der Waals surface area contributed by atoms with E-state index in [4.69, 9.17) is 27.9 Å². The van der Waals surface area contributed by atoms with Crippen LogP contribution in [0.5, 0.6) is 0 Å². The van der Waals surface area contributed by atoms with Crippen LogP contribution in [-0.2, 0) is 11.3 Å². The minimum atomic E-state index is 0.0617. The van der Waals surface area contributed by atoms with Gasteiger partial charge in [-0.1, -0.05) is 23.2 Å². The Balaban J connectivity index is 1.70. The average molecular weight is 327 g/mol. The van der Waals surface area contributed by atoms with Gasteiger partial charge in [-0.2, -0.15) is 5.10 Å². The summed E-state index contributed by atoms with van der Waals surface area (Å²) in [5, 5.41) is 5.41. The number of morpholine rings is 1. The second-order valence-corrected chi connectivity index (χ2v) is 5.98. The molecule has 1 saturated heterocycles. The lowest BCUT2D eigenvalue weighted by atomic mass is 10.2. The Morgan fingerprint density at radius 3 is 2.95 bits per heavy atom. The number of pyridine rings is 1. The normalized spacial score (nSPS) is 19.0. The summed E-state index contributed by atoms with van der Waals surface area (Å²) in [4.78, 5) is 6.46. The fourth-order valence-electron chi connectivity index (χ4n) is 2.44. The maximum Gasteiger partial charge on any atom is 0.147 e. The summed E-state index contributed by atoms with van der Waals surface area (Å²) in [6.07, 6.45) is 5.53. The molecular weight excluding hydrogens is 311 g/mol. The number of aryl methyl sites for hydroxylation is 1. The largest absolute Gasteiger partial charge is 0.373 e. The van der Waals surface area contributed by atoms with E-state index in [-0.39, 0.29) is 6.10 Å². The molecule has 5 nitrogen and oxygen atoms in total. The SMILES string of the molecule is Cc1cnn(CC2CN(c3ncc(Cl)cc3Cl)CCO2)c1. The predicted molar refractivity (Wildman–Crippen MR) is 83.2 cm³/mol. The molecule has 0 spiro atoms. The third-order valence-electron chi connectivity index (χ3n) is 3.38. The lowest BCUT2D eigenvalue weighted by molar-refractivity contribution is 0.0272. The van der Waals surface area contributed by atoms with Crippen LogP contribution >= 0.6 is 23.2 Å².